The normalized spacial score (nSPS) is 16.3. The molecule has 0 spiro atoms. The third-order valence-corrected chi connectivity index (χ3v) is 5.13. The molecule has 0 heterocycles. The molecule has 0 atom stereocenters. The summed E-state index contributed by atoms with van der Waals surface area (Å²) in [7, 11) is 0. The highest BCUT2D eigenvalue weighted by Crippen LogP contribution is 2.67. The average molecular weight is 662 g/mol. The molecule has 1 rings (SSSR count). The first kappa shape index (κ1) is 36.4. The molecule has 0 fully saturated rings. The van der Waals surface area contributed by atoms with Gasteiger partial charge in [0.05, 0.1) is 0 Å². The van der Waals surface area contributed by atoms with Crippen molar-refractivity contribution in [3.05, 3.63) is 29.8 Å². The number of hydrogen-bond acceptors (Lipinski definition) is 1. The van der Waals surface area contributed by atoms with Gasteiger partial charge in [0, 0.05) is 5.56 Å². The molecular weight excluding hydrogens is 657 g/mol. The largest absolute Gasteiger partial charge is 0.508 e. The Morgan fingerprint density at radius 2 is 0.537 bits per heavy atom. The van der Waals surface area contributed by atoms with Crippen LogP contribution in [0.1, 0.15) is 5.56 Å². The van der Waals surface area contributed by atoms with E-state index in [9.17, 15) is 101 Å². The van der Waals surface area contributed by atoms with Crippen LogP contribution in [-0.4, -0.2) is 64.6 Å². The van der Waals surface area contributed by atoms with Crippen molar-refractivity contribution in [3.63, 3.8) is 0 Å². The molecule has 24 heteroatoms. The van der Waals surface area contributed by atoms with Crippen molar-refractivity contribution in [2.75, 3.05) is 0 Å². The van der Waals surface area contributed by atoms with E-state index >= 15 is 0 Å². The highest BCUT2D eigenvalue weighted by molar-refractivity contribution is 5.31. The van der Waals surface area contributed by atoms with Crippen LogP contribution in [0.5, 0.6) is 5.75 Å². The van der Waals surface area contributed by atoms with Gasteiger partial charge >= 0.3 is 65.4 Å². The van der Waals surface area contributed by atoms with Crippen LogP contribution in [0.25, 0.3) is 0 Å². The average Bonchev–Trinajstić information content (AvgIpc) is 2.77. The van der Waals surface area contributed by atoms with Crippen LogP contribution in [0.2, 0.25) is 0 Å². The van der Waals surface area contributed by atoms with Gasteiger partial charge in [0.15, 0.2) is 0 Å². The molecule has 0 saturated carbocycles. The van der Waals surface area contributed by atoms with Gasteiger partial charge in [0.25, 0.3) is 0 Å². The lowest BCUT2D eigenvalue weighted by Crippen LogP contribution is -2.77. The number of halogens is 23. The van der Waals surface area contributed by atoms with Gasteiger partial charge in [-0.15, -0.1) is 0 Å². The first-order valence-electron chi connectivity index (χ1n) is 9.14. The molecule has 1 aromatic carbocycles. The number of phenols is 1. The molecule has 0 bridgehead atoms. The van der Waals surface area contributed by atoms with Crippen molar-refractivity contribution in [1.29, 1.82) is 0 Å². The standard InChI is InChI=1S/C17H5F23O/c18-7(19,5-1-3-6(41)4-2-5)8(20,21)9(22,23)10(24,25)11(26,27)12(28,29)13(30,31)14(32,33)15(34,35)16(36,37)17(38,39)40/h1-4,41H. The van der Waals surface area contributed by atoms with Crippen molar-refractivity contribution in [1.82, 2.24) is 0 Å². The number of aromatic hydroxyl groups is 1. The Morgan fingerprint density at radius 3 is 0.780 bits per heavy atom. The highest BCUT2D eigenvalue weighted by atomic mass is 19.4. The van der Waals surface area contributed by atoms with E-state index in [0.29, 0.717) is 0 Å². The van der Waals surface area contributed by atoms with Crippen molar-refractivity contribution in [2.24, 2.45) is 0 Å². The lowest BCUT2D eigenvalue weighted by molar-refractivity contribution is -0.479. The fraction of sp³-hybridized carbons (Fsp3) is 0.647. The van der Waals surface area contributed by atoms with Gasteiger partial charge in [-0.2, -0.15) is 101 Å². The van der Waals surface area contributed by atoms with Crippen molar-refractivity contribution < 1.29 is 106 Å². The maximum Gasteiger partial charge on any atom is 0.460 e. The summed E-state index contributed by atoms with van der Waals surface area (Å²) in [5.41, 5.74) is -2.61. The van der Waals surface area contributed by atoms with E-state index in [4.69, 9.17) is 5.11 Å². The second kappa shape index (κ2) is 9.20. The summed E-state index contributed by atoms with van der Waals surface area (Å²) in [6, 6.07) is -1.14. The van der Waals surface area contributed by atoms with Crippen LogP contribution in [0.3, 0.4) is 0 Å². The first-order valence-corrected chi connectivity index (χ1v) is 9.14. The molecule has 0 saturated heterocycles. The zero-order chi connectivity index (χ0) is 33.5. The highest BCUT2D eigenvalue weighted by Gasteiger charge is 2.98. The second-order valence-corrected chi connectivity index (χ2v) is 7.79. The van der Waals surface area contributed by atoms with E-state index in [2.05, 4.69) is 0 Å². The third kappa shape index (κ3) is 4.39. The van der Waals surface area contributed by atoms with Crippen LogP contribution >= 0.6 is 0 Å². The third-order valence-electron chi connectivity index (χ3n) is 5.13. The van der Waals surface area contributed by atoms with E-state index in [1.165, 1.54) is 0 Å². The van der Waals surface area contributed by atoms with Gasteiger partial charge in [-0.25, -0.2) is 0 Å². The Bertz CT molecular complexity index is 1100. The number of alkyl halides is 23. The van der Waals surface area contributed by atoms with E-state index < -0.39 is 88.8 Å². The molecule has 1 aromatic rings. The molecule has 0 aromatic heterocycles. The van der Waals surface area contributed by atoms with Gasteiger partial charge in [-0.1, -0.05) is 0 Å². The quantitative estimate of drug-likeness (QED) is 0.249. The molecule has 240 valence electrons. The Morgan fingerprint density at radius 1 is 0.317 bits per heavy atom. The number of benzene rings is 1. The summed E-state index contributed by atoms with van der Waals surface area (Å²) >= 11 is 0. The lowest BCUT2D eigenvalue weighted by Gasteiger charge is -2.45. The molecule has 1 nitrogen and oxygen atoms in total. The first-order chi connectivity index (χ1) is 17.5. The van der Waals surface area contributed by atoms with Gasteiger partial charge in [-0.3, -0.25) is 0 Å². The van der Waals surface area contributed by atoms with Crippen molar-refractivity contribution in [3.8, 4) is 5.75 Å². The Labute approximate surface area is 208 Å². The minimum Gasteiger partial charge on any atom is -0.508 e. The van der Waals surface area contributed by atoms with Crippen LogP contribution in [-0.2, 0) is 5.92 Å². The maximum absolute atomic E-state index is 14.0. The van der Waals surface area contributed by atoms with E-state index in [1.54, 1.807) is 0 Å². The second-order valence-electron chi connectivity index (χ2n) is 7.79. The van der Waals surface area contributed by atoms with Crippen LogP contribution in [0.4, 0.5) is 101 Å². The molecule has 0 amide bonds. The SMILES string of the molecule is Oc1ccc(C(F)(F)C(F)(F)C(F)(F)C(F)(F)C(F)(F)C(F)(F)C(F)(F)C(F)(F)C(F)(F)C(F)(F)C(F)(F)F)cc1. The molecular formula is C17H5F23O. The number of hydrogen-bond donors (Lipinski definition) is 1. The lowest BCUT2D eigenvalue weighted by atomic mass is 9.84. The summed E-state index contributed by atoms with van der Waals surface area (Å²) in [5.74, 6) is -89.2. The van der Waals surface area contributed by atoms with E-state index in [0.717, 1.165) is 0 Å². The Hall–Kier alpha value is -2.59. The van der Waals surface area contributed by atoms with E-state index in [-0.39, 0.29) is 12.1 Å². The van der Waals surface area contributed by atoms with E-state index in [1.807, 2.05) is 0 Å². The molecule has 0 aliphatic carbocycles. The molecule has 0 unspecified atom stereocenters. The monoisotopic (exact) mass is 662 g/mol. The molecule has 41 heavy (non-hydrogen) atoms. The minimum atomic E-state index is -9.43. The zero-order valence-electron chi connectivity index (χ0n) is 17.9. The summed E-state index contributed by atoms with van der Waals surface area (Å²) in [4.78, 5) is 0. The Kier molecular flexibility index (Phi) is 8.18. The predicted octanol–water partition coefficient (Wildman–Crippen LogP) is 8.76. The van der Waals surface area contributed by atoms with Gasteiger partial charge < -0.3 is 5.11 Å². The smallest absolute Gasteiger partial charge is 0.460 e. The summed E-state index contributed by atoms with van der Waals surface area (Å²) in [6.07, 6.45) is -8.10. The van der Waals surface area contributed by atoms with Gasteiger partial charge in [-0.05, 0) is 24.3 Å². The summed E-state index contributed by atoms with van der Waals surface area (Å²) in [6.45, 7) is 0. The molecule has 0 aliphatic rings. The minimum absolute atomic E-state index is 0.0715. The molecule has 0 aliphatic heterocycles. The maximum atomic E-state index is 14.0. The van der Waals surface area contributed by atoms with Gasteiger partial charge in [0.2, 0.25) is 0 Å². The van der Waals surface area contributed by atoms with Crippen LogP contribution < -0.4 is 0 Å². The molecule has 0 radical (unpaired) electrons. The molecule has 1 N–H and O–H groups in total. The zero-order valence-corrected chi connectivity index (χ0v) is 17.9. The van der Waals surface area contributed by atoms with Crippen molar-refractivity contribution in [2.45, 2.75) is 65.4 Å². The topological polar surface area (TPSA) is 20.2 Å². The predicted molar refractivity (Wildman–Crippen MR) is 82.6 cm³/mol. The number of rotatable bonds is 10. The fourth-order valence-electron chi connectivity index (χ4n) is 2.61. The summed E-state index contributed by atoms with van der Waals surface area (Å²) in [5, 5.41) is 8.83. The summed E-state index contributed by atoms with van der Waals surface area (Å²) < 4.78 is 307. The van der Waals surface area contributed by atoms with Gasteiger partial charge in [0.1, 0.15) is 5.75 Å². The number of phenolic OH excluding ortho intramolecular Hbond substituents is 1. The Balaban J connectivity index is 3.86. The van der Waals surface area contributed by atoms with Crippen LogP contribution in [0.15, 0.2) is 24.3 Å². The van der Waals surface area contributed by atoms with Crippen molar-refractivity contribution >= 4 is 0 Å². The van der Waals surface area contributed by atoms with Crippen LogP contribution in [0, 0.1) is 0 Å². The fourth-order valence-corrected chi connectivity index (χ4v) is 2.61.